The van der Waals surface area contributed by atoms with Crippen molar-refractivity contribution in [2.45, 2.75) is 32.6 Å². The summed E-state index contributed by atoms with van der Waals surface area (Å²) in [6.07, 6.45) is 3.40. The van der Waals surface area contributed by atoms with Gasteiger partial charge >= 0.3 is 5.97 Å². The predicted molar refractivity (Wildman–Crippen MR) is 102 cm³/mol. The van der Waals surface area contributed by atoms with Gasteiger partial charge in [0.25, 0.3) is 0 Å². The van der Waals surface area contributed by atoms with E-state index in [1.165, 1.54) is 0 Å². The summed E-state index contributed by atoms with van der Waals surface area (Å²) < 4.78 is 5.13. The molecule has 0 spiro atoms. The Morgan fingerprint density at radius 2 is 2.12 bits per heavy atom. The molecule has 1 saturated heterocycles. The van der Waals surface area contributed by atoms with E-state index in [1.54, 1.807) is 23.1 Å². The van der Waals surface area contributed by atoms with Crippen LogP contribution >= 0.6 is 34.8 Å². The smallest absolute Gasteiger partial charge is 0.306 e. The van der Waals surface area contributed by atoms with Crippen molar-refractivity contribution in [3.05, 3.63) is 28.2 Å². The maximum absolute atomic E-state index is 12.4. The van der Waals surface area contributed by atoms with E-state index in [1.807, 2.05) is 0 Å². The number of hydrogen-bond acceptors (Lipinski definition) is 3. The van der Waals surface area contributed by atoms with Gasteiger partial charge in [-0.1, -0.05) is 43.0 Å². The van der Waals surface area contributed by atoms with Gasteiger partial charge in [0, 0.05) is 18.2 Å². The maximum atomic E-state index is 12.4. The van der Waals surface area contributed by atoms with Crippen LogP contribution in [0.4, 0.5) is 5.69 Å². The van der Waals surface area contributed by atoms with E-state index in [4.69, 9.17) is 39.5 Å². The number of ether oxygens (including phenoxy) is 1. The molecule has 4 nitrogen and oxygen atoms in total. The van der Waals surface area contributed by atoms with Gasteiger partial charge in [-0.25, -0.2) is 0 Å². The van der Waals surface area contributed by atoms with Gasteiger partial charge in [-0.2, -0.15) is 0 Å². The lowest BCUT2D eigenvalue weighted by molar-refractivity contribution is -0.137. The molecule has 7 heteroatoms. The number of amides is 1. The van der Waals surface area contributed by atoms with E-state index in [2.05, 4.69) is 6.92 Å². The monoisotopic (exact) mass is 405 g/mol. The Bertz CT molecular complexity index is 624. The molecule has 138 valence electrons. The summed E-state index contributed by atoms with van der Waals surface area (Å²) >= 11 is 17.9. The van der Waals surface area contributed by atoms with E-state index in [0.29, 0.717) is 35.3 Å². The van der Waals surface area contributed by atoms with E-state index >= 15 is 0 Å². The molecule has 1 aromatic rings. The van der Waals surface area contributed by atoms with E-state index in [9.17, 15) is 9.59 Å². The summed E-state index contributed by atoms with van der Waals surface area (Å²) in [5, 5.41) is 0.817. The normalized spacial score (nSPS) is 18.1. The summed E-state index contributed by atoms with van der Waals surface area (Å²) in [6.45, 7) is 3.01. The third-order valence-corrected chi connectivity index (χ3v) is 5.50. The Morgan fingerprint density at radius 1 is 1.36 bits per heavy atom. The van der Waals surface area contributed by atoms with E-state index in [-0.39, 0.29) is 29.6 Å². The minimum absolute atomic E-state index is 0.118. The molecule has 2 unspecified atom stereocenters. The number of alkyl halides is 1. The molecule has 1 fully saturated rings. The van der Waals surface area contributed by atoms with Gasteiger partial charge in [-0.05, 0) is 30.5 Å². The SMILES string of the molecule is CCCCC(CN(C(=O)CCl)c1ccc(Cl)c(Cl)c1)C1COC(=O)C1. The number of nitrogens with zero attached hydrogens (tertiary/aromatic N) is 1. The topological polar surface area (TPSA) is 46.6 Å². The van der Waals surface area contributed by atoms with Crippen LogP contribution < -0.4 is 4.90 Å². The molecule has 2 rings (SSSR count). The second-order valence-electron chi connectivity index (χ2n) is 6.29. The van der Waals surface area contributed by atoms with Crippen molar-refractivity contribution in [1.82, 2.24) is 0 Å². The predicted octanol–water partition coefficient (Wildman–Crippen LogP) is 4.93. The molecule has 1 heterocycles. The molecule has 2 atom stereocenters. The van der Waals surface area contributed by atoms with Crippen LogP contribution in [0.1, 0.15) is 32.6 Å². The average molecular weight is 407 g/mol. The first-order chi connectivity index (χ1) is 12.0. The second-order valence-corrected chi connectivity index (χ2v) is 7.37. The minimum atomic E-state index is -0.202. The quantitative estimate of drug-likeness (QED) is 0.454. The lowest BCUT2D eigenvalue weighted by Crippen LogP contribution is -2.38. The highest BCUT2D eigenvalue weighted by atomic mass is 35.5. The van der Waals surface area contributed by atoms with Gasteiger partial charge in [-0.3, -0.25) is 9.59 Å². The van der Waals surface area contributed by atoms with Gasteiger partial charge in [0.05, 0.1) is 23.1 Å². The average Bonchev–Trinajstić information content (AvgIpc) is 3.03. The molecule has 0 radical (unpaired) electrons. The summed E-state index contributed by atoms with van der Waals surface area (Å²) in [4.78, 5) is 25.6. The van der Waals surface area contributed by atoms with Crippen LogP contribution in [0.15, 0.2) is 18.2 Å². The molecular weight excluding hydrogens is 385 g/mol. The van der Waals surface area contributed by atoms with Crippen LogP contribution in [-0.2, 0) is 14.3 Å². The highest BCUT2D eigenvalue weighted by Crippen LogP contribution is 2.32. The number of carbonyl (C=O) groups excluding carboxylic acids is 2. The number of rotatable bonds is 8. The molecule has 0 saturated carbocycles. The Labute approximate surface area is 163 Å². The number of hydrogen-bond donors (Lipinski definition) is 0. The maximum Gasteiger partial charge on any atom is 0.306 e. The van der Waals surface area contributed by atoms with Gasteiger partial charge in [0.1, 0.15) is 5.88 Å². The Morgan fingerprint density at radius 3 is 2.68 bits per heavy atom. The van der Waals surface area contributed by atoms with Gasteiger partial charge in [-0.15, -0.1) is 11.6 Å². The van der Waals surface area contributed by atoms with Crippen molar-refractivity contribution in [2.75, 3.05) is 23.9 Å². The van der Waals surface area contributed by atoms with E-state index < -0.39 is 0 Å². The van der Waals surface area contributed by atoms with Crippen LogP contribution in [0.2, 0.25) is 10.0 Å². The zero-order valence-electron chi connectivity index (χ0n) is 14.1. The number of unbranched alkanes of at least 4 members (excludes halogenated alkanes) is 1. The highest BCUT2D eigenvalue weighted by Gasteiger charge is 2.33. The number of carbonyl (C=O) groups is 2. The Hall–Kier alpha value is -0.970. The fourth-order valence-corrected chi connectivity index (χ4v) is 3.52. The van der Waals surface area contributed by atoms with Crippen LogP contribution in [0, 0.1) is 11.8 Å². The molecule has 1 aromatic carbocycles. The molecule has 0 bridgehead atoms. The standard InChI is InChI=1S/C18H22Cl3NO3/c1-2-3-4-12(13-7-18(24)25-11-13)10-22(17(23)9-19)14-5-6-15(20)16(21)8-14/h5-6,8,12-13H,2-4,7,9-11H2,1H3. The summed E-state index contributed by atoms with van der Waals surface area (Å²) in [6, 6.07) is 5.09. The molecule has 1 aliphatic heterocycles. The first-order valence-electron chi connectivity index (χ1n) is 8.43. The number of halogens is 3. The first-order valence-corrected chi connectivity index (χ1v) is 9.72. The lowest BCUT2D eigenvalue weighted by atomic mass is 9.86. The fourth-order valence-electron chi connectivity index (χ4n) is 3.09. The van der Waals surface area contributed by atoms with Crippen molar-refractivity contribution in [3.63, 3.8) is 0 Å². The molecule has 0 aliphatic carbocycles. The summed E-state index contributed by atoms with van der Waals surface area (Å²) in [5.41, 5.74) is 0.659. The lowest BCUT2D eigenvalue weighted by Gasteiger charge is -2.30. The number of esters is 1. The molecule has 0 N–H and O–H groups in total. The largest absolute Gasteiger partial charge is 0.465 e. The highest BCUT2D eigenvalue weighted by molar-refractivity contribution is 6.42. The van der Waals surface area contributed by atoms with Crippen LogP contribution in [-0.4, -0.2) is 30.9 Å². The second kappa shape index (κ2) is 9.65. The Kier molecular flexibility index (Phi) is 7.85. The van der Waals surface area contributed by atoms with Crippen molar-refractivity contribution < 1.29 is 14.3 Å². The molecule has 0 aromatic heterocycles. The van der Waals surface area contributed by atoms with Gasteiger partial charge < -0.3 is 9.64 Å². The van der Waals surface area contributed by atoms with Crippen LogP contribution in [0.25, 0.3) is 0 Å². The van der Waals surface area contributed by atoms with Crippen LogP contribution in [0.5, 0.6) is 0 Å². The molecule has 1 aliphatic rings. The molecule has 1 amide bonds. The van der Waals surface area contributed by atoms with Crippen molar-refractivity contribution >= 4 is 52.4 Å². The molecular formula is C18H22Cl3NO3. The van der Waals surface area contributed by atoms with Crippen LogP contribution in [0.3, 0.4) is 0 Å². The van der Waals surface area contributed by atoms with Crippen molar-refractivity contribution in [3.8, 4) is 0 Å². The Balaban J connectivity index is 2.23. The summed E-state index contributed by atoms with van der Waals surface area (Å²) in [7, 11) is 0. The number of anilines is 1. The first kappa shape index (κ1) is 20.3. The third-order valence-electron chi connectivity index (χ3n) is 4.53. The van der Waals surface area contributed by atoms with Gasteiger partial charge in [0.15, 0.2) is 0 Å². The van der Waals surface area contributed by atoms with E-state index in [0.717, 1.165) is 19.3 Å². The fraction of sp³-hybridized carbons (Fsp3) is 0.556. The zero-order valence-corrected chi connectivity index (χ0v) is 16.4. The minimum Gasteiger partial charge on any atom is -0.465 e. The number of benzene rings is 1. The molecule has 25 heavy (non-hydrogen) atoms. The number of cyclic esters (lactones) is 1. The van der Waals surface area contributed by atoms with Crippen molar-refractivity contribution in [1.29, 1.82) is 0 Å². The summed E-state index contributed by atoms with van der Waals surface area (Å²) in [5.74, 6) is -0.218. The third kappa shape index (κ3) is 5.50. The van der Waals surface area contributed by atoms with Crippen molar-refractivity contribution in [2.24, 2.45) is 11.8 Å². The zero-order chi connectivity index (χ0) is 18.4. The van der Waals surface area contributed by atoms with Gasteiger partial charge in [0.2, 0.25) is 5.91 Å².